The van der Waals surface area contributed by atoms with Crippen molar-refractivity contribution >= 4 is 58.2 Å². The number of anilines is 1. The zero-order valence-electron chi connectivity index (χ0n) is 14.5. The lowest BCUT2D eigenvalue weighted by atomic mass is 10.2. The zero-order valence-corrected chi connectivity index (χ0v) is 17.0. The van der Waals surface area contributed by atoms with E-state index in [2.05, 4.69) is 26.8 Å². The van der Waals surface area contributed by atoms with Crippen LogP contribution in [0.3, 0.4) is 0 Å². The van der Waals surface area contributed by atoms with Crippen molar-refractivity contribution in [3.8, 4) is 11.5 Å². The molecular weight excluding hydrogens is 409 g/mol. The Kier molecular flexibility index (Phi) is 6.94. The van der Waals surface area contributed by atoms with Gasteiger partial charge in [0.1, 0.15) is 16.3 Å². The number of nitrogens with zero attached hydrogens (tertiary/aromatic N) is 5. The fourth-order valence-corrected chi connectivity index (χ4v) is 3.84. The third kappa shape index (κ3) is 4.14. The molecule has 1 aliphatic rings. The summed E-state index contributed by atoms with van der Waals surface area (Å²) >= 11 is 1.33. The third-order valence-electron chi connectivity index (χ3n) is 4.34. The first-order valence-electron chi connectivity index (χ1n) is 8.01. The molecule has 10 heteroatoms. The number of rotatable bonds is 3. The largest absolute Gasteiger partial charge is 0.478 e. The van der Waals surface area contributed by atoms with Gasteiger partial charge in [0.2, 0.25) is 0 Å². The van der Waals surface area contributed by atoms with E-state index in [0.717, 1.165) is 26.2 Å². The number of hydrogen-bond acceptors (Lipinski definition) is 7. The van der Waals surface area contributed by atoms with Crippen molar-refractivity contribution in [2.24, 2.45) is 0 Å². The molecular formula is C17H19Cl2N5O2S. The highest BCUT2D eigenvalue weighted by Crippen LogP contribution is 2.34. The molecule has 0 spiro atoms. The summed E-state index contributed by atoms with van der Waals surface area (Å²) in [7, 11) is 2.08. The first kappa shape index (κ1) is 21.3. The average Bonchev–Trinajstić information content (AvgIpc) is 3.07. The van der Waals surface area contributed by atoms with E-state index in [1.165, 1.54) is 11.3 Å². The molecule has 27 heavy (non-hydrogen) atoms. The summed E-state index contributed by atoms with van der Waals surface area (Å²) in [5, 5.41) is 11.8. The van der Waals surface area contributed by atoms with Crippen LogP contribution in [0.15, 0.2) is 29.8 Å². The number of halogens is 2. The second-order valence-electron chi connectivity index (χ2n) is 6.01. The van der Waals surface area contributed by atoms with Gasteiger partial charge in [0.05, 0.1) is 10.9 Å². The van der Waals surface area contributed by atoms with Gasteiger partial charge in [-0.25, -0.2) is 14.8 Å². The molecule has 3 aromatic rings. The van der Waals surface area contributed by atoms with E-state index in [-0.39, 0.29) is 30.4 Å². The number of aromatic carboxylic acids is 1. The lowest BCUT2D eigenvalue weighted by Gasteiger charge is -2.33. The van der Waals surface area contributed by atoms with Crippen molar-refractivity contribution in [2.45, 2.75) is 0 Å². The molecule has 1 aliphatic heterocycles. The van der Waals surface area contributed by atoms with Crippen molar-refractivity contribution in [3.05, 3.63) is 35.3 Å². The number of carboxylic acid groups (broad SMARTS) is 1. The van der Waals surface area contributed by atoms with Crippen molar-refractivity contribution in [1.29, 1.82) is 0 Å². The predicted octanol–water partition coefficient (Wildman–Crippen LogP) is 3.05. The van der Waals surface area contributed by atoms with E-state index >= 15 is 0 Å². The normalized spacial score (nSPS) is 14.5. The Morgan fingerprint density at radius 1 is 1.15 bits per heavy atom. The van der Waals surface area contributed by atoms with Crippen molar-refractivity contribution in [1.82, 2.24) is 19.9 Å². The second-order valence-corrected chi connectivity index (χ2v) is 6.87. The van der Waals surface area contributed by atoms with Gasteiger partial charge in [-0.2, -0.15) is 0 Å². The maximum Gasteiger partial charge on any atom is 0.337 e. The maximum absolute atomic E-state index is 11.6. The molecule has 4 heterocycles. The van der Waals surface area contributed by atoms with Gasteiger partial charge in [0.25, 0.3) is 0 Å². The molecule has 0 atom stereocenters. The van der Waals surface area contributed by atoms with Gasteiger partial charge < -0.3 is 14.9 Å². The first-order valence-corrected chi connectivity index (χ1v) is 8.89. The Balaban J connectivity index is 0.00000131. The fraction of sp³-hybridized carbons (Fsp3) is 0.294. The standard InChI is InChI=1S/C17H17N5O2S.2ClH/c1-21-6-8-22(9-7-21)15-13-11(17(23)24)10-25-16(13)20-14(19-15)12-4-2-3-5-18-12;;/h2-5,10H,6-9H2,1H3,(H,23,24);2*1H. The molecule has 0 amide bonds. The van der Waals surface area contributed by atoms with Crippen LogP contribution in [0.25, 0.3) is 21.7 Å². The smallest absolute Gasteiger partial charge is 0.337 e. The Hall–Kier alpha value is -2.00. The number of carboxylic acids is 1. The van der Waals surface area contributed by atoms with E-state index in [0.29, 0.717) is 27.6 Å². The number of carbonyl (C=O) groups is 1. The molecule has 0 aliphatic carbocycles. The van der Waals surface area contributed by atoms with E-state index in [1.54, 1.807) is 11.6 Å². The third-order valence-corrected chi connectivity index (χ3v) is 5.21. The van der Waals surface area contributed by atoms with Gasteiger partial charge in [-0.1, -0.05) is 6.07 Å². The van der Waals surface area contributed by atoms with Gasteiger partial charge in [-0.15, -0.1) is 36.2 Å². The van der Waals surface area contributed by atoms with Crippen LogP contribution in [0, 0.1) is 0 Å². The summed E-state index contributed by atoms with van der Waals surface area (Å²) in [6.07, 6.45) is 1.70. The summed E-state index contributed by atoms with van der Waals surface area (Å²) in [6, 6.07) is 5.60. The monoisotopic (exact) mass is 427 g/mol. The Labute approximate surface area is 172 Å². The molecule has 3 aromatic heterocycles. The lowest BCUT2D eigenvalue weighted by molar-refractivity contribution is 0.0699. The van der Waals surface area contributed by atoms with E-state index in [9.17, 15) is 9.90 Å². The number of fused-ring (bicyclic) bond motifs is 1. The highest BCUT2D eigenvalue weighted by Gasteiger charge is 2.24. The lowest BCUT2D eigenvalue weighted by Crippen LogP contribution is -2.45. The number of pyridine rings is 1. The number of hydrogen-bond donors (Lipinski definition) is 1. The number of thiophene rings is 1. The molecule has 0 radical (unpaired) electrons. The number of likely N-dealkylation sites (N-methyl/N-ethyl adjacent to an activating group) is 1. The molecule has 1 saturated heterocycles. The van der Waals surface area contributed by atoms with E-state index in [1.807, 2.05) is 18.2 Å². The highest BCUT2D eigenvalue weighted by atomic mass is 35.5. The number of piperazine rings is 1. The van der Waals surface area contributed by atoms with Crippen LogP contribution in [0.2, 0.25) is 0 Å². The molecule has 1 N–H and O–H groups in total. The zero-order chi connectivity index (χ0) is 17.4. The summed E-state index contributed by atoms with van der Waals surface area (Å²) < 4.78 is 0. The second kappa shape index (κ2) is 8.79. The molecule has 144 valence electrons. The summed E-state index contributed by atoms with van der Waals surface area (Å²) in [6.45, 7) is 3.44. The van der Waals surface area contributed by atoms with E-state index < -0.39 is 5.97 Å². The molecule has 0 saturated carbocycles. The summed E-state index contributed by atoms with van der Waals surface area (Å²) in [5.74, 6) is 0.272. The van der Waals surface area contributed by atoms with Crippen LogP contribution < -0.4 is 4.90 Å². The highest BCUT2D eigenvalue weighted by molar-refractivity contribution is 7.17. The molecule has 4 rings (SSSR count). The van der Waals surface area contributed by atoms with Crippen LogP contribution >= 0.6 is 36.2 Å². The fourth-order valence-electron chi connectivity index (χ4n) is 2.94. The topological polar surface area (TPSA) is 82.5 Å². The van der Waals surface area contributed by atoms with Crippen molar-refractivity contribution in [2.75, 3.05) is 38.1 Å². The molecule has 0 unspecified atom stereocenters. The molecule has 0 bridgehead atoms. The van der Waals surface area contributed by atoms with Gasteiger partial charge in [0.15, 0.2) is 5.82 Å². The number of aromatic nitrogens is 3. The van der Waals surface area contributed by atoms with Gasteiger partial charge in [-0.3, -0.25) is 4.98 Å². The maximum atomic E-state index is 11.6. The minimum absolute atomic E-state index is 0. The Bertz CT molecular complexity index is 930. The van der Waals surface area contributed by atoms with Gasteiger partial charge in [0, 0.05) is 37.8 Å². The van der Waals surface area contributed by atoms with Crippen molar-refractivity contribution < 1.29 is 9.90 Å². The molecule has 0 aromatic carbocycles. The predicted molar refractivity (Wildman–Crippen MR) is 112 cm³/mol. The summed E-state index contributed by atoms with van der Waals surface area (Å²) in [4.78, 5) is 30.3. The molecule has 1 fully saturated rings. The van der Waals surface area contributed by atoms with Crippen LogP contribution in [0.5, 0.6) is 0 Å². The van der Waals surface area contributed by atoms with Crippen molar-refractivity contribution in [3.63, 3.8) is 0 Å². The van der Waals surface area contributed by atoms with E-state index in [4.69, 9.17) is 4.98 Å². The van der Waals surface area contributed by atoms with Gasteiger partial charge >= 0.3 is 5.97 Å². The molecule has 7 nitrogen and oxygen atoms in total. The van der Waals surface area contributed by atoms with Crippen LogP contribution in [-0.4, -0.2) is 64.2 Å². The SMILES string of the molecule is CN1CCN(c2nc(-c3ccccn3)nc3scc(C(=O)O)c23)CC1.Cl.Cl. The minimum Gasteiger partial charge on any atom is -0.478 e. The van der Waals surface area contributed by atoms with Crippen LogP contribution in [0.1, 0.15) is 10.4 Å². The first-order chi connectivity index (χ1) is 12.1. The van der Waals surface area contributed by atoms with Crippen LogP contribution in [0.4, 0.5) is 5.82 Å². The summed E-state index contributed by atoms with van der Waals surface area (Å²) in [5.41, 5.74) is 0.951. The van der Waals surface area contributed by atoms with Gasteiger partial charge in [-0.05, 0) is 19.2 Å². The Morgan fingerprint density at radius 2 is 1.89 bits per heavy atom. The quantitative estimate of drug-likeness (QED) is 0.687. The average molecular weight is 428 g/mol. The van der Waals surface area contributed by atoms with Crippen LogP contribution in [-0.2, 0) is 0 Å². The minimum atomic E-state index is -0.948. The Morgan fingerprint density at radius 3 is 2.52 bits per heavy atom.